The number of hydrogen-bond acceptors (Lipinski definition) is 7. The number of nitrogens with zero attached hydrogens (tertiary/aromatic N) is 5. The molecule has 4 aliphatic carbocycles. The number of imide groups is 1. The van der Waals surface area contributed by atoms with Crippen LogP contribution in [0.3, 0.4) is 0 Å². The number of carbonyl (C=O) groups excluding carboxylic acids is 3. The highest BCUT2D eigenvalue weighted by molar-refractivity contribution is 6.09. The molecule has 10 heteroatoms. The van der Waals surface area contributed by atoms with Gasteiger partial charge in [-0.25, -0.2) is 0 Å². The molecule has 0 unspecified atom stereocenters. The Labute approximate surface area is 177 Å². The number of tetrazole rings is 1. The van der Waals surface area contributed by atoms with Crippen LogP contribution in [0.1, 0.15) is 6.42 Å². The van der Waals surface area contributed by atoms with Crippen molar-refractivity contribution >= 4 is 23.4 Å². The number of nitrogens with one attached hydrogen (secondary N) is 1. The molecular formula is C21H20N6O4. The molecule has 2 heterocycles. The van der Waals surface area contributed by atoms with Gasteiger partial charge in [0, 0.05) is 5.69 Å². The monoisotopic (exact) mass is 420 g/mol. The molecule has 1 saturated heterocycles. The van der Waals surface area contributed by atoms with E-state index in [0.29, 0.717) is 29.0 Å². The Balaban J connectivity index is 1.19. The van der Waals surface area contributed by atoms with Gasteiger partial charge in [0.25, 0.3) is 0 Å². The van der Waals surface area contributed by atoms with Gasteiger partial charge in [-0.05, 0) is 58.7 Å². The molecule has 2 saturated carbocycles. The molecule has 2 aromatic rings. The van der Waals surface area contributed by atoms with Gasteiger partial charge >= 0.3 is 0 Å². The number of anilines is 1. The summed E-state index contributed by atoms with van der Waals surface area (Å²) in [7, 11) is 1.53. The van der Waals surface area contributed by atoms with Crippen molar-refractivity contribution in [3.8, 4) is 11.4 Å². The van der Waals surface area contributed by atoms with Crippen molar-refractivity contribution in [2.24, 2.45) is 35.5 Å². The summed E-state index contributed by atoms with van der Waals surface area (Å²) in [6.07, 6.45) is 6.76. The maximum Gasteiger partial charge on any atom is 0.244 e. The van der Waals surface area contributed by atoms with Crippen LogP contribution in [-0.2, 0) is 14.4 Å². The minimum absolute atomic E-state index is 0.143. The van der Waals surface area contributed by atoms with E-state index in [1.165, 1.54) is 18.1 Å². The van der Waals surface area contributed by atoms with Crippen LogP contribution in [0.5, 0.6) is 5.75 Å². The van der Waals surface area contributed by atoms with E-state index in [9.17, 15) is 14.4 Å². The van der Waals surface area contributed by atoms with Crippen LogP contribution in [0.25, 0.3) is 5.69 Å². The van der Waals surface area contributed by atoms with Gasteiger partial charge in [-0.15, -0.1) is 5.10 Å². The zero-order valence-corrected chi connectivity index (χ0v) is 16.7. The third-order valence-electron chi connectivity index (χ3n) is 7.11. The number of amides is 3. The summed E-state index contributed by atoms with van der Waals surface area (Å²) in [6, 6.07) is 5.02. The Morgan fingerprint density at radius 2 is 1.87 bits per heavy atom. The van der Waals surface area contributed by atoms with Crippen LogP contribution >= 0.6 is 0 Å². The van der Waals surface area contributed by atoms with E-state index in [4.69, 9.17) is 4.74 Å². The predicted molar refractivity (Wildman–Crippen MR) is 106 cm³/mol. The Morgan fingerprint density at radius 3 is 2.48 bits per heavy atom. The summed E-state index contributed by atoms with van der Waals surface area (Å²) >= 11 is 0. The first kappa shape index (κ1) is 18.2. The third-order valence-corrected chi connectivity index (χ3v) is 7.11. The second kappa shape index (κ2) is 6.47. The maximum atomic E-state index is 13.0. The van der Waals surface area contributed by atoms with E-state index >= 15 is 0 Å². The number of hydrogen-bond donors (Lipinski definition) is 1. The lowest BCUT2D eigenvalue weighted by Crippen LogP contribution is -2.40. The van der Waals surface area contributed by atoms with Crippen molar-refractivity contribution in [3.05, 3.63) is 36.7 Å². The number of methoxy groups -OCH3 is 1. The molecule has 1 aliphatic heterocycles. The van der Waals surface area contributed by atoms with Gasteiger partial charge in [-0.3, -0.25) is 19.3 Å². The molecule has 31 heavy (non-hydrogen) atoms. The van der Waals surface area contributed by atoms with Crippen molar-refractivity contribution in [1.29, 1.82) is 0 Å². The normalized spacial score (nSPS) is 32.1. The van der Waals surface area contributed by atoms with Gasteiger partial charge in [-0.2, -0.15) is 4.68 Å². The largest absolute Gasteiger partial charge is 0.494 e. The first-order chi connectivity index (χ1) is 15.1. The highest BCUT2D eigenvalue weighted by Gasteiger charge is 2.67. The van der Waals surface area contributed by atoms with Gasteiger partial charge in [0.15, 0.2) is 0 Å². The molecule has 1 aromatic heterocycles. The molecular weight excluding hydrogens is 400 g/mol. The molecule has 2 bridgehead atoms. The van der Waals surface area contributed by atoms with Gasteiger partial charge in [0.05, 0.1) is 18.9 Å². The van der Waals surface area contributed by atoms with Crippen LogP contribution in [-0.4, -0.2) is 56.5 Å². The summed E-state index contributed by atoms with van der Waals surface area (Å²) in [4.78, 5) is 39.9. The van der Waals surface area contributed by atoms with Crippen LogP contribution in [0.15, 0.2) is 36.7 Å². The van der Waals surface area contributed by atoms with Crippen molar-refractivity contribution in [2.75, 3.05) is 19.0 Å². The Kier molecular flexibility index (Phi) is 3.80. The number of benzene rings is 1. The van der Waals surface area contributed by atoms with Crippen molar-refractivity contribution in [3.63, 3.8) is 0 Å². The Hall–Kier alpha value is -3.56. The first-order valence-corrected chi connectivity index (χ1v) is 10.3. The molecule has 3 amide bonds. The average molecular weight is 420 g/mol. The lowest BCUT2D eigenvalue weighted by atomic mass is 9.63. The van der Waals surface area contributed by atoms with E-state index in [0.717, 1.165) is 11.3 Å². The fourth-order valence-corrected chi connectivity index (χ4v) is 5.74. The van der Waals surface area contributed by atoms with Gasteiger partial charge < -0.3 is 10.1 Å². The van der Waals surface area contributed by atoms with Crippen molar-refractivity contribution < 1.29 is 19.1 Å². The SMILES string of the molecule is COc1ccc(NC(=O)CN2C(=O)[C@@H]3[C@H]4C=C[C@H]([C@H]5C[C@H]45)[C@@H]3C2=O)cc1-n1cnnn1. The zero-order valence-electron chi connectivity index (χ0n) is 16.7. The molecule has 0 spiro atoms. The number of ether oxygens (including phenoxy) is 1. The fourth-order valence-electron chi connectivity index (χ4n) is 5.74. The highest BCUT2D eigenvalue weighted by Crippen LogP contribution is 2.65. The predicted octanol–water partition coefficient (Wildman–Crippen LogP) is 0.662. The van der Waals surface area contributed by atoms with Gasteiger partial charge in [0.1, 0.15) is 24.3 Å². The maximum absolute atomic E-state index is 13.0. The number of allylic oxidation sites excluding steroid dienone is 2. The fraction of sp³-hybridized carbons (Fsp3) is 0.429. The molecule has 1 N–H and O–H groups in total. The van der Waals surface area contributed by atoms with Crippen molar-refractivity contribution in [2.45, 2.75) is 6.42 Å². The highest BCUT2D eigenvalue weighted by atomic mass is 16.5. The van der Waals surface area contributed by atoms with E-state index < -0.39 is 5.91 Å². The van der Waals surface area contributed by atoms with E-state index in [-0.39, 0.29) is 42.0 Å². The standard InChI is InChI=1S/C21H20N6O4/c1-31-16-5-2-10(6-15(16)27-9-22-24-25-27)23-17(28)8-26-20(29)18-11-3-4-12(14-7-13(11)14)19(18)21(26)30/h2-6,9,11-14,18-19H,7-8H2,1H3,(H,23,28)/t11-,12+,13-,14-,18+,19-/m1/s1. The topological polar surface area (TPSA) is 119 Å². The molecule has 6 atom stereocenters. The lowest BCUT2D eigenvalue weighted by molar-refractivity contribution is -0.142. The number of rotatable bonds is 5. The number of carbonyl (C=O) groups is 3. The summed E-state index contributed by atoms with van der Waals surface area (Å²) in [5.74, 6) is 0.432. The molecule has 3 fully saturated rings. The van der Waals surface area contributed by atoms with Crippen LogP contribution in [0.4, 0.5) is 5.69 Å². The summed E-state index contributed by atoms with van der Waals surface area (Å²) in [5.41, 5.74) is 1.03. The lowest BCUT2D eigenvalue weighted by Gasteiger charge is -2.37. The van der Waals surface area contributed by atoms with Crippen LogP contribution in [0.2, 0.25) is 0 Å². The van der Waals surface area contributed by atoms with Gasteiger partial charge in [0.2, 0.25) is 17.7 Å². The molecule has 0 radical (unpaired) electrons. The zero-order chi connectivity index (χ0) is 21.3. The molecule has 7 rings (SSSR count). The second-order valence-corrected chi connectivity index (χ2v) is 8.61. The molecule has 5 aliphatic rings. The molecule has 1 aromatic carbocycles. The smallest absolute Gasteiger partial charge is 0.244 e. The van der Waals surface area contributed by atoms with Gasteiger partial charge in [-0.1, -0.05) is 12.2 Å². The van der Waals surface area contributed by atoms with E-state index in [1.807, 2.05) is 0 Å². The Morgan fingerprint density at radius 1 is 1.16 bits per heavy atom. The number of aromatic nitrogens is 4. The summed E-state index contributed by atoms with van der Waals surface area (Å²) in [5, 5.41) is 13.8. The Bertz CT molecular complexity index is 1090. The van der Waals surface area contributed by atoms with E-state index in [1.54, 1.807) is 18.2 Å². The summed E-state index contributed by atoms with van der Waals surface area (Å²) in [6.45, 7) is -0.286. The van der Waals surface area contributed by atoms with Crippen LogP contribution < -0.4 is 10.1 Å². The quantitative estimate of drug-likeness (QED) is 0.557. The molecule has 10 nitrogen and oxygen atoms in total. The minimum atomic E-state index is -0.432. The van der Waals surface area contributed by atoms with E-state index in [2.05, 4.69) is 33.0 Å². The van der Waals surface area contributed by atoms with Crippen LogP contribution in [0, 0.1) is 35.5 Å². The second-order valence-electron chi connectivity index (χ2n) is 8.61. The van der Waals surface area contributed by atoms with Crippen molar-refractivity contribution in [1.82, 2.24) is 25.1 Å². The molecule has 158 valence electrons. The average Bonchev–Trinajstić information content (AvgIpc) is 3.36. The first-order valence-electron chi connectivity index (χ1n) is 10.3. The number of likely N-dealkylation sites (tertiary alicyclic amines) is 1. The third kappa shape index (κ3) is 2.63. The minimum Gasteiger partial charge on any atom is -0.494 e. The summed E-state index contributed by atoms with van der Waals surface area (Å²) < 4.78 is 6.74.